The van der Waals surface area contributed by atoms with Crippen molar-refractivity contribution in [2.24, 2.45) is 31.4 Å². The summed E-state index contributed by atoms with van der Waals surface area (Å²) in [7, 11) is 10.3. The third-order valence-electron chi connectivity index (χ3n) is 7.74. The maximum absolute atomic E-state index is 4.63. The lowest BCUT2D eigenvalue weighted by Gasteiger charge is -2.11. The third-order valence-corrected chi connectivity index (χ3v) is 9.83. The van der Waals surface area contributed by atoms with E-state index in [1.807, 2.05) is 58.8 Å². The predicted octanol–water partition coefficient (Wildman–Crippen LogP) is 2.92. The zero-order chi connectivity index (χ0) is 30.8. The molecule has 3 heterocycles. The van der Waals surface area contributed by atoms with Gasteiger partial charge in [0.2, 0.25) is 5.52 Å². The van der Waals surface area contributed by atoms with Gasteiger partial charge in [0.15, 0.2) is 0 Å². The molecule has 7 rings (SSSR count). The number of aromatic nitrogens is 3. The Bertz CT molecular complexity index is 2090. The summed E-state index contributed by atoms with van der Waals surface area (Å²) in [6.07, 6.45) is 1.99. The Morgan fingerprint density at radius 3 is 2.15 bits per heavy atom. The van der Waals surface area contributed by atoms with E-state index >= 15 is 0 Å². The number of nitrogens with zero attached hydrogens (tertiary/aromatic N) is 6. The summed E-state index contributed by atoms with van der Waals surface area (Å²) in [6, 6.07) is 34.0. The Hall–Kier alpha value is -4.08. The SMILES string of the molecule is Cc1ccc2c(c1)sc(-c1ccc(N(C)C)cc1)[n+]2C.Cn1c(-c2ccccc2)c(N=Nc2scc[n+]2C)c2ccccc21.[Cl-].[Cl-]. The van der Waals surface area contributed by atoms with E-state index in [9.17, 15) is 0 Å². The van der Waals surface area contributed by atoms with Gasteiger partial charge in [0, 0.05) is 49.2 Å². The fraction of sp³-hybridized carbons (Fsp3) is 0.167. The second-order valence-corrected chi connectivity index (χ2v) is 12.9. The number of anilines is 1. The van der Waals surface area contributed by atoms with Gasteiger partial charge in [-0.05, 0) is 65.3 Å². The Labute approximate surface area is 290 Å². The van der Waals surface area contributed by atoms with E-state index in [1.165, 1.54) is 32.0 Å². The first-order valence-corrected chi connectivity index (χ1v) is 16.2. The number of benzene rings is 4. The van der Waals surface area contributed by atoms with E-state index in [2.05, 4.69) is 132 Å². The van der Waals surface area contributed by atoms with Crippen molar-refractivity contribution in [3.05, 3.63) is 114 Å². The molecule has 0 aliphatic rings. The molecule has 7 aromatic rings. The molecule has 0 aliphatic heterocycles. The molecule has 0 radical (unpaired) electrons. The predicted molar refractivity (Wildman–Crippen MR) is 186 cm³/mol. The second-order valence-electron chi connectivity index (χ2n) is 11.0. The summed E-state index contributed by atoms with van der Waals surface area (Å²) in [4.78, 5) is 2.12. The largest absolute Gasteiger partial charge is 1.00 e. The second kappa shape index (κ2) is 15.0. The third kappa shape index (κ3) is 7.00. The van der Waals surface area contributed by atoms with Gasteiger partial charge in [0.1, 0.15) is 23.6 Å². The summed E-state index contributed by atoms with van der Waals surface area (Å²) in [6.45, 7) is 2.14. The standard InChI is InChI=1S/C19H17N4S.C17H19N2S.2ClH/c1-22-12-13-24-19(22)21-20-17-15-10-6-7-11-16(15)23(2)18(17)14-8-4-3-5-9-14;1-12-5-10-15-16(11-12)20-17(19(15)4)13-6-8-14(9-7-13)18(2)3;;/h3-13H,1-2H3;5-11H,1-4H3;2*1H/q2*+1;;/p-2. The van der Waals surface area contributed by atoms with Gasteiger partial charge in [-0.1, -0.05) is 65.9 Å². The number of halogens is 2. The Kier molecular flexibility index (Phi) is 11.3. The minimum absolute atomic E-state index is 0. The highest BCUT2D eigenvalue weighted by atomic mass is 35.5. The van der Waals surface area contributed by atoms with Gasteiger partial charge >= 0.3 is 5.13 Å². The van der Waals surface area contributed by atoms with Gasteiger partial charge in [-0.2, -0.15) is 4.57 Å². The molecule has 0 amide bonds. The Balaban J connectivity index is 0.000000203. The number of aryl methyl sites for hydroxylation is 4. The van der Waals surface area contributed by atoms with Crippen LogP contribution in [0.25, 0.3) is 42.9 Å². The summed E-state index contributed by atoms with van der Waals surface area (Å²) in [5, 5.41) is 14.4. The molecule has 0 spiro atoms. The molecular formula is C36H36Cl2N6S2. The summed E-state index contributed by atoms with van der Waals surface area (Å²) >= 11 is 3.43. The van der Waals surface area contributed by atoms with E-state index in [-0.39, 0.29) is 24.8 Å². The van der Waals surface area contributed by atoms with E-state index in [1.54, 1.807) is 11.3 Å². The van der Waals surface area contributed by atoms with Crippen molar-refractivity contribution in [3.8, 4) is 21.8 Å². The number of para-hydroxylation sites is 1. The van der Waals surface area contributed by atoms with Crippen LogP contribution in [0.5, 0.6) is 0 Å². The van der Waals surface area contributed by atoms with Crippen molar-refractivity contribution >= 4 is 60.3 Å². The fourth-order valence-corrected chi connectivity index (χ4v) is 7.27. The summed E-state index contributed by atoms with van der Waals surface area (Å²) in [5.41, 5.74) is 9.40. The normalized spacial score (nSPS) is 10.8. The van der Waals surface area contributed by atoms with Crippen molar-refractivity contribution in [1.82, 2.24) is 4.57 Å². The van der Waals surface area contributed by atoms with Crippen LogP contribution in [0.15, 0.2) is 119 Å². The van der Waals surface area contributed by atoms with Crippen LogP contribution < -0.4 is 38.8 Å². The molecule has 0 atom stereocenters. The van der Waals surface area contributed by atoms with Crippen LogP contribution in [0, 0.1) is 6.92 Å². The number of hydrogen-bond acceptors (Lipinski definition) is 5. The van der Waals surface area contributed by atoms with Gasteiger partial charge in [-0.15, -0.1) is 0 Å². The van der Waals surface area contributed by atoms with Crippen LogP contribution in [-0.4, -0.2) is 18.7 Å². The van der Waals surface area contributed by atoms with Crippen LogP contribution in [0.4, 0.5) is 16.5 Å². The molecule has 6 nitrogen and oxygen atoms in total. The monoisotopic (exact) mass is 686 g/mol. The van der Waals surface area contributed by atoms with Gasteiger partial charge in [-0.3, -0.25) is 0 Å². The first kappa shape index (κ1) is 34.8. The van der Waals surface area contributed by atoms with Crippen molar-refractivity contribution < 1.29 is 33.9 Å². The van der Waals surface area contributed by atoms with Gasteiger partial charge < -0.3 is 34.3 Å². The highest BCUT2D eigenvalue weighted by Crippen LogP contribution is 2.40. The lowest BCUT2D eigenvalue weighted by atomic mass is 10.1. The first-order chi connectivity index (χ1) is 21.3. The highest BCUT2D eigenvalue weighted by Gasteiger charge is 2.20. The molecule has 0 N–H and O–H groups in total. The average Bonchev–Trinajstić information content (AvgIpc) is 3.69. The maximum atomic E-state index is 4.63. The molecule has 3 aromatic heterocycles. The van der Waals surface area contributed by atoms with Crippen LogP contribution in [0.1, 0.15) is 5.56 Å². The summed E-state index contributed by atoms with van der Waals surface area (Å²) in [5.74, 6) is 0. The maximum Gasteiger partial charge on any atom is 0.408 e. The minimum atomic E-state index is 0. The molecule has 46 heavy (non-hydrogen) atoms. The molecular weight excluding hydrogens is 651 g/mol. The molecule has 4 aromatic carbocycles. The molecule has 0 bridgehead atoms. The molecule has 0 aliphatic carbocycles. The lowest BCUT2D eigenvalue weighted by molar-refractivity contribution is -0.654. The number of hydrogen-bond donors (Lipinski definition) is 0. The Morgan fingerprint density at radius 1 is 0.783 bits per heavy atom. The molecule has 10 heteroatoms. The van der Waals surface area contributed by atoms with Gasteiger partial charge in [-0.25, -0.2) is 4.57 Å². The smallest absolute Gasteiger partial charge is 0.408 e. The van der Waals surface area contributed by atoms with Crippen molar-refractivity contribution in [1.29, 1.82) is 0 Å². The van der Waals surface area contributed by atoms with Crippen molar-refractivity contribution in [2.45, 2.75) is 6.92 Å². The van der Waals surface area contributed by atoms with E-state index in [0.29, 0.717) is 0 Å². The minimum Gasteiger partial charge on any atom is -1.00 e. The highest BCUT2D eigenvalue weighted by molar-refractivity contribution is 7.21. The van der Waals surface area contributed by atoms with Crippen LogP contribution >= 0.6 is 22.7 Å². The van der Waals surface area contributed by atoms with E-state index in [4.69, 9.17) is 0 Å². The van der Waals surface area contributed by atoms with Crippen LogP contribution in [0.3, 0.4) is 0 Å². The fourth-order valence-electron chi connectivity index (χ4n) is 5.33. The number of azo groups is 1. The molecule has 0 saturated heterocycles. The zero-order valence-electron chi connectivity index (χ0n) is 26.6. The van der Waals surface area contributed by atoms with Gasteiger partial charge in [0.25, 0.3) is 5.01 Å². The first-order valence-electron chi connectivity index (χ1n) is 14.5. The molecule has 0 unspecified atom stereocenters. The quantitative estimate of drug-likeness (QED) is 0.203. The molecule has 0 saturated carbocycles. The van der Waals surface area contributed by atoms with Gasteiger partial charge in [0.05, 0.1) is 28.9 Å². The summed E-state index contributed by atoms with van der Waals surface area (Å²) < 4.78 is 7.79. The topological polar surface area (TPSA) is 40.6 Å². The van der Waals surface area contributed by atoms with Crippen molar-refractivity contribution in [3.63, 3.8) is 0 Å². The molecule has 236 valence electrons. The lowest BCUT2D eigenvalue weighted by Crippen LogP contribution is -3.00. The van der Waals surface area contributed by atoms with E-state index < -0.39 is 0 Å². The van der Waals surface area contributed by atoms with Crippen molar-refractivity contribution in [2.75, 3.05) is 19.0 Å². The van der Waals surface area contributed by atoms with Crippen LogP contribution in [0.2, 0.25) is 0 Å². The average molecular weight is 688 g/mol. The Morgan fingerprint density at radius 2 is 1.48 bits per heavy atom. The zero-order valence-corrected chi connectivity index (χ0v) is 29.8. The molecule has 0 fully saturated rings. The van der Waals surface area contributed by atoms with Crippen LogP contribution in [-0.2, 0) is 21.1 Å². The number of thiazole rings is 2. The number of rotatable bonds is 5. The number of fused-ring (bicyclic) bond motifs is 2. The van der Waals surface area contributed by atoms with E-state index in [0.717, 1.165) is 33.0 Å².